The van der Waals surface area contributed by atoms with Crippen LogP contribution in [0.3, 0.4) is 0 Å². The fourth-order valence-corrected chi connectivity index (χ4v) is 7.93. The summed E-state index contributed by atoms with van der Waals surface area (Å²) in [5.41, 5.74) is 0. The van der Waals surface area contributed by atoms with Gasteiger partial charge in [0.25, 0.3) is 0 Å². The molecule has 0 aliphatic rings. The number of aliphatic hydroxyl groups excluding tert-OH is 2. The van der Waals surface area contributed by atoms with Gasteiger partial charge in [0, 0.05) is 12.8 Å². The second-order valence-corrected chi connectivity index (χ2v) is 17.6. The van der Waals surface area contributed by atoms with Gasteiger partial charge in [0.15, 0.2) is 0 Å². The number of hydrogen-bond donors (Lipinski definition) is 3. The Morgan fingerprint density at radius 1 is 0.491 bits per heavy atom. The van der Waals surface area contributed by atoms with Crippen LogP contribution in [0.15, 0.2) is 0 Å². The number of phosphoric acid groups is 1. The average Bonchev–Trinajstić information content (AvgIpc) is 3.17. The van der Waals surface area contributed by atoms with Gasteiger partial charge in [0.1, 0.15) is 6.10 Å². The van der Waals surface area contributed by atoms with Crippen LogP contribution in [-0.2, 0) is 23.2 Å². The van der Waals surface area contributed by atoms with Gasteiger partial charge in [-0.1, -0.05) is 219 Å². The van der Waals surface area contributed by atoms with Crippen LogP contribution in [0.25, 0.3) is 0 Å². The lowest BCUT2D eigenvalue weighted by Gasteiger charge is -2.22. The quantitative estimate of drug-likeness (QED) is 0.0409. The second kappa shape index (κ2) is 41.3. The van der Waals surface area contributed by atoms with Crippen LogP contribution in [0.4, 0.5) is 0 Å². The van der Waals surface area contributed by atoms with Crippen LogP contribution in [0, 0.1) is 0 Å². The first kappa shape index (κ1) is 54.2. The number of imide groups is 1. The molecule has 9 nitrogen and oxygen atoms in total. The predicted octanol–water partition coefficient (Wildman–Crippen LogP) is 12.9. The molecule has 0 aliphatic heterocycles. The van der Waals surface area contributed by atoms with Crippen LogP contribution in [0.1, 0.15) is 245 Å². The lowest BCUT2D eigenvalue weighted by molar-refractivity contribution is -0.145. The van der Waals surface area contributed by atoms with Crippen molar-refractivity contribution in [2.45, 2.75) is 251 Å². The lowest BCUT2D eigenvalue weighted by Crippen LogP contribution is -2.39. The number of nitrogens with zero attached hydrogens (tertiary/aromatic N) is 1. The molecule has 0 aromatic carbocycles. The van der Waals surface area contributed by atoms with E-state index in [4.69, 9.17) is 14.2 Å². The first-order chi connectivity index (χ1) is 26.8. The Morgan fingerprint density at radius 3 is 1.04 bits per heavy atom. The number of phosphoric ester groups is 1. The van der Waals surface area contributed by atoms with E-state index in [2.05, 4.69) is 13.8 Å². The van der Waals surface area contributed by atoms with Gasteiger partial charge in [0.2, 0.25) is 11.8 Å². The maximum atomic E-state index is 13.2. The van der Waals surface area contributed by atoms with Crippen LogP contribution >= 0.6 is 7.82 Å². The zero-order valence-electron chi connectivity index (χ0n) is 36.1. The maximum Gasteiger partial charge on any atom is 0.472 e. The molecule has 10 heteroatoms. The maximum absolute atomic E-state index is 13.2. The highest BCUT2D eigenvalue weighted by atomic mass is 31.2. The normalized spacial score (nSPS) is 13.3. The van der Waals surface area contributed by atoms with Crippen molar-refractivity contribution in [3.63, 3.8) is 0 Å². The third kappa shape index (κ3) is 38.5. The summed E-state index contributed by atoms with van der Waals surface area (Å²) >= 11 is 0. The fraction of sp³-hybridized carbons (Fsp3) is 0.956. The molecule has 0 spiro atoms. The minimum absolute atomic E-state index is 0.133. The third-order valence-corrected chi connectivity index (χ3v) is 11.8. The van der Waals surface area contributed by atoms with E-state index in [1.54, 1.807) is 0 Å². The van der Waals surface area contributed by atoms with Crippen molar-refractivity contribution in [3.05, 3.63) is 0 Å². The molecule has 55 heavy (non-hydrogen) atoms. The fourth-order valence-electron chi connectivity index (χ4n) is 7.18. The minimum Gasteiger partial charge on any atom is -0.394 e. The molecule has 0 saturated carbocycles. The molecule has 0 rings (SSSR count). The Kier molecular flexibility index (Phi) is 40.7. The molecular formula is C45H90NO8P. The molecule has 2 amide bonds. The van der Waals surface area contributed by atoms with Gasteiger partial charge in [-0.2, -0.15) is 0 Å². The van der Waals surface area contributed by atoms with Crippen molar-refractivity contribution in [2.24, 2.45) is 0 Å². The smallest absolute Gasteiger partial charge is 0.394 e. The molecule has 1 unspecified atom stereocenters. The highest BCUT2D eigenvalue weighted by Gasteiger charge is 2.25. The number of carbonyl (C=O) groups is 2. The van der Waals surface area contributed by atoms with Gasteiger partial charge < -0.3 is 15.1 Å². The molecule has 328 valence electrons. The Balaban J connectivity index is 4.27. The summed E-state index contributed by atoms with van der Waals surface area (Å²) in [6.07, 6.45) is 42.1. The van der Waals surface area contributed by atoms with Crippen molar-refractivity contribution in [3.8, 4) is 0 Å². The average molecular weight is 804 g/mol. The number of hydrogen-bond acceptors (Lipinski definition) is 7. The van der Waals surface area contributed by atoms with Crippen LogP contribution in [0.2, 0.25) is 0 Å². The largest absolute Gasteiger partial charge is 0.472 e. The summed E-state index contributed by atoms with van der Waals surface area (Å²) in [6, 6.07) is 0. The number of aliphatic hydroxyl groups is 2. The molecule has 0 aliphatic carbocycles. The minimum atomic E-state index is -4.51. The number of amides is 2. The highest BCUT2D eigenvalue weighted by Crippen LogP contribution is 2.43. The summed E-state index contributed by atoms with van der Waals surface area (Å²) in [5, 5.41) is 18.3. The van der Waals surface area contributed by atoms with E-state index >= 15 is 0 Å². The van der Waals surface area contributed by atoms with E-state index in [0.717, 1.165) is 25.7 Å². The van der Waals surface area contributed by atoms with E-state index < -0.39 is 27.1 Å². The van der Waals surface area contributed by atoms with E-state index in [0.29, 0.717) is 12.8 Å². The van der Waals surface area contributed by atoms with E-state index in [9.17, 15) is 24.2 Å². The molecule has 0 aromatic rings. The first-order valence-electron chi connectivity index (χ1n) is 23.5. The molecule has 3 N–H and O–H groups in total. The molecule has 0 saturated heterocycles. The Morgan fingerprint density at radius 2 is 0.764 bits per heavy atom. The Hall–Kier alpha value is -0.830. The third-order valence-electron chi connectivity index (χ3n) is 10.8. The monoisotopic (exact) mass is 804 g/mol. The zero-order chi connectivity index (χ0) is 40.5. The molecule has 2 atom stereocenters. The zero-order valence-corrected chi connectivity index (χ0v) is 37.0. The van der Waals surface area contributed by atoms with Gasteiger partial charge in [0.05, 0.1) is 26.4 Å². The molecular weight excluding hydrogens is 713 g/mol. The topological polar surface area (TPSA) is 134 Å². The van der Waals surface area contributed by atoms with Crippen molar-refractivity contribution < 1.29 is 38.3 Å². The summed E-state index contributed by atoms with van der Waals surface area (Å²) in [5.74, 6) is -0.545. The summed E-state index contributed by atoms with van der Waals surface area (Å²) in [4.78, 5) is 37.4. The van der Waals surface area contributed by atoms with Gasteiger partial charge in [-0.3, -0.25) is 23.5 Å². The Bertz CT molecular complexity index is 841. The van der Waals surface area contributed by atoms with Gasteiger partial charge in [-0.15, -0.1) is 0 Å². The summed E-state index contributed by atoms with van der Waals surface area (Å²) in [6.45, 7) is 2.87. The van der Waals surface area contributed by atoms with Crippen LogP contribution < -0.4 is 0 Å². The first-order valence-corrected chi connectivity index (χ1v) is 25.0. The van der Waals surface area contributed by atoms with Gasteiger partial charge >= 0.3 is 7.82 Å². The number of carbonyl (C=O) groups excluding carboxylic acids is 2. The van der Waals surface area contributed by atoms with Crippen molar-refractivity contribution in [2.75, 3.05) is 26.4 Å². The van der Waals surface area contributed by atoms with Crippen molar-refractivity contribution in [1.29, 1.82) is 0 Å². The standard InChI is InChI=1S/C45H90NO8P/c1-3-5-7-9-11-13-15-17-19-21-23-25-27-29-31-33-35-37-44(49)46(39-40-53-55(51,52)54-42-43(48)41-47)45(50)38-36-34-32-30-28-26-24-22-20-18-16-14-12-10-8-6-4-2/h43,47-48H,3-42H2,1-2H3,(H,51,52)/t43-/m1/s1. The van der Waals surface area contributed by atoms with Crippen LogP contribution in [0.5, 0.6) is 0 Å². The number of unbranched alkanes of at least 4 members (excludes halogenated alkanes) is 32. The van der Waals surface area contributed by atoms with Gasteiger partial charge in [-0.25, -0.2) is 4.57 Å². The second-order valence-electron chi connectivity index (χ2n) is 16.2. The molecule has 0 fully saturated rings. The van der Waals surface area contributed by atoms with E-state index in [1.807, 2.05) is 0 Å². The predicted molar refractivity (Wildman–Crippen MR) is 229 cm³/mol. The Labute approximate surface area is 339 Å². The van der Waals surface area contributed by atoms with Crippen molar-refractivity contribution >= 4 is 19.6 Å². The summed E-state index contributed by atoms with van der Waals surface area (Å²) in [7, 11) is -4.51. The van der Waals surface area contributed by atoms with E-state index in [1.165, 1.54) is 185 Å². The molecule has 0 bridgehead atoms. The lowest BCUT2D eigenvalue weighted by atomic mass is 10.0. The number of rotatable bonds is 44. The molecule has 0 aromatic heterocycles. The molecule has 0 heterocycles. The SMILES string of the molecule is CCCCCCCCCCCCCCCCCCCC(=O)N(CCOP(=O)(O)OC[C@H](O)CO)C(=O)CCCCCCCCCCCCCCCCCCC. The molecule has 0 radical (unpaired) electrons. The van der Waals surface area contributed by atoms with Gasteiger partial charge in [-0.05, 0) is 12.8 Å². The van der Waals surface area contributed by atoms with Crippen molar-refractivity contribution in [1.82, 2.24) is 4.90 Å². The summed E-state index contributed by atoms with van der Waals surface area (Å²) < 4.78 is 21.9. The van der Waals surface area contributed by atoms with E-state index in [-0.39, 0.29) is 37.8 Å². The highest BCUT2D eigenvalue weighted by molar-refractivity contribution is 7.47. The van der Waals surface area contributed by atoms with Crippen LogP contribution in [-0.4, -0.2) is 64.3 Å².